The van der Waals surface area contributed by atoms with Crippen LogP contribution in [0.15, 0.2) is 24.3 Å². The maximum atomic E-state index is 13.8. The summed E-state index contributed by atoms with van der Waals surface area (Å²) < 4.78 is 0. The van der Waals surface area contributed by atoms with Crippen molar-refractivity contribution in [2.45, 2.75) is 51.0 Å². The first kappa shape index (κ1) is 20.8. The molecule has 1 aromatic rings. The molecule has 0 aromatic heterocycles. The molecule has 0 spiro atoms. The highest BCUT2D eigenvalue weighted by atomic mass is 35.5. The molecule has 1 aromatic carbocycles. The topological polar surface area (TPSA) is 69.7 Å². The van der Waals surface area contributed by atoms with Gasteiger partial charge in [0.25, 0.3) is 5.91 Å². The van der Waals surface area contributed by atoms with Gasteiger partial charge in [0.2, 0.25) is 11.8 Å². The predicted molar refractivity (Wildman–Crippen MR) is 118 cm³/mol. The van der Waals surface area contributed by atoms with E-state index < -0.39 is 0 Å². The summed E-state index contributed by atoms with van der Waals surface area (Å²) in [6.07, 6.45) is 5.89. The maximum Gasteiger partial charge on any atom is 0.254 e. The second-order valence-electron chi connectivity index (χ2n) is 10.3. The van der Waals surface area contributed by atoms with Crippen molar-refractivity contribution in [3.8, 4) is 0 Å². The molecule has 1 aliphatic heterocycles. The first-order valence-electron chi connectivity index (χ1n) is 11.4. The van der Waals surface area contributed by atoms with Gasteiger partial charge in [-0.15, -0.1) is 0 Å². The Balaban J connectivity index is 1.27. The van der Waals surface area contributed by atoms with Crippen LogP contribution in [0.2, 0.25) is 5.02 Å². The van der Waals surface area contributed by atoms with Gasteiger partial charge >= 0.3 is 0 Å². The number of benzene rings is 1. The Morgan fingerprint density at radius 3 is 2.26 bits per heavy atom. The second kappa shape index (κ2) is 7.51. The van der Waals surface area contributed by atoms with E-state index in [1.165, 1.54) is 6.42 Å². The first-order valence-corrected chi connectivity index (χ1v) is 11.8. The molecule has 7 heteroatoms. The maximum absolute atomic E-state index is 13.8. The summed E-state index contributed by atoms with van der Waals surface area (Å²) in [6, 6.07) is 7.02. The number of piperazine rings is 1. The van der Waals surface area contributed by atoms with E-state index in [0.717, 1.165) is 32.1 Å². The first-order chi connectivity index (χ1) is 14.8. The molecule has 166 valence electrons. The van der Waals surface area contributed by atoms with Gasteiger partial charge in [0.15, 0.2) is 0 Å². The number of rotatable bonds is 3. The standard InChI is InChI=1S/C24H30ClN3O3/c1-16(29)26-24-13-17-9-18(14-24)12-23(11-17,15-24)22(31)28-7-5-27(6-8-28)21(30)19-3-2-4-20(25)10-19/h2-4,10,17-18H,5-9,11-15H2,1H3,(H,26,29)/t17-,18+,23?,24?. The Kier molecular flexibility index (Phi) is 5.04. The van der Waals surface area contributed by atoms with Gasteiger partial charge in [0.1, 0.15) is 0 Å². The highest BCUT2D eigenvalue weighted by molar-refractivity contribution is 6.30. The summed E-state index contributed by atoms with van der Waals surface area (Å²) in [5, 5.41) is 3.79. The molecule has 4 bridgehead atoms. The molecule has 5 aliphatic rings. The van der Waals surface area contributed by atoms with E-state index in [4.69, 9.17) is 11.6 Å². The van der Waals surface area contributed by atoms with E-state index in [2.05, 4.69) is 5.32 Å². The zero-order chi connectivity index (χ0) is 21.8. The smallest absolute Gasteiger partial charge is 0.254 e. The van der Waals surface area contributed by atoms with Gasteiger partial charge in [0, 0.05) is 49.2 Å². The van der Waals surface area contributed by atoms with Crippen LogP contribution in [-0.4, -0.2) is 59.2 Å². The summed E-state index contributed by atoms with van der Waals surface area (Å²) in [4.78, 5) is 42.3. The van der Waals surface area contributed by atoms with E-state index in [0.29, 0.717) is 48.6 Å². The SMILES string of the molecule is CC(=O)NC12C[C@H]3C[C@@H](C1)CC(C(=O)N1CCN(C(=O)c4cccc(Cl)c4)CC1)(C3)C2. The van der Waals surface area contributed by atoms with Gasteiger partial charge < -0.3 is 15.1 Å². The molecule has 4 atom stereocenters. The lowest BCUT2D eigenvalue weighted by atomic mass is 9.46. The predicted octanol–water partition coefficient (Wildman–Crippen LogP) is 3.10. The molecule has 4 saturated carbocycles. The number of hydrogen-bond acceptors (Lipinski definition) is 3. The Hall–Kier alpha value is -2.08. The molecular weight excluding hydrogens is 414 g/mol. The molecule has 6 rings (SSSR count). The van der Waals surface area contributed by atoms with Crippen LogP contribution in [0.1, 0.15) is 55.8 Å². The fourth-order valence-corrected chi connectivity index (χ4v) is 7.47. The fraction of sp³-hybridized carbons (Fsp3) is 0.625. The number of carbonyl (C=O) groups is 3. The average Bonchev–Trinajstić information content (AvgIpc) is 2.71. The number of hydrogen-bond donors (Lipinski definition) is 1. The van der Waals surface area contributed by atoms with E-state index in [1.54, 1.807) is 31.2 Å². The third-order valence-corrected chi connectivity index (χ3v) is 8.12. The van der Waals surface area contributed by atoms with Crippen LogP contribution in [-0.2, 0) is 9.59 Å². The monoisotopic (exact) mass is 443 g/mol. The van der Waals surface area contributed by atoms with E-state index in [-0.39, 0.29) is 28.7 Å². The van der Waals surface area contributed by atoms with Crippen LogP contribution in [0.25, 0.3) is 0 Å². The number of carbonyl (C=O) groups excluding carboxylic acids is 3. The van der Waals surface area contributed by atoms with Gasteiger partial charge in [-0.3, -0.25) is 14.4 Å². The molecule has 2 unspecified atom stereocenters. The normalized spacial score (nSPS) is 34.0. The highest BCUT2D eigenvalue weighted by Gasteiger charge is 2.61. The summed E-state index contributed by atoms with van der Waals surface area (Å²) in [7, 11) is 0. The zero-order valence-corrected chi connectivity index (χ0v) is 18.8. The van der Waals surface area contributed by atoms with Gasteiger partial charge in [-0.25, -0.2) is 0 Å². The summed E-state index contributed by atoms with van der Waals surface area (Å²) in [6.45, 7) is 3.79. The van der Waals surface area contributed by atoms with Crippen molar-refractivity contribution >= 4 is 29.3 Å². The van der Waals surface area contributed by atoms with Crippen molar-refractivity contribution < 1.29 is 14.4 Å². The summed E-state index contributed by atoms with van der Waals surface area (Å²) in [5.74, 6) is 1.28. The third-order valence-electron chi connectivity index (χ3n) is 7.88. The molecule has 3 amide bonds. The average molecular weight is 444 g/mol. The highest BCUT2D eigenvalue weighted by Crippen LogP contribution is 2.62. The van der Waals surface area contributed by atoms with Gasteiger partial charge in [-0.1, -0.05) is 17.7 Å². The lowest BCUT2D eigenvalue weighted by Crippen LogP contribution is -2.66. The minimum Gasteiger partial charge on any atom is -0.351 e. The van der Waals surface area contributed by atoms with Crippen LogP contribution in [0.4, 0.5) is 0 Å². The second-order valence-corrected chi connectivity index (χ2v) is 10.7. The van der Waals surface area contributed by atoms with Crippen LogP contribution in [0.3, 0.4) is 0 Å². The molecule has 1 N–H and O–H groups in total. The van der Waals surface area contributed by atoms with Gasteiger partial charge in [-0.05, 0) is 68.6 Å². The lowest BCUT2D eigenvalue weighted by molar-refractivity contribution is -0.164. The minimum absolute atomic E-state index is 0.0118. The van der Waals surface area contributed by atoms with Crippen molar-refractivity contribution in [2.75, 3.05) is 26.2 Å². The molecule has 4 aliphatic carbocycles. The van der Waals surface area contributed by atoms with Crippen LogP contribution >= 0.6 is 11.6 Å². The molecule has 0 radical (unpaired) electrons. The van der Waals surface area contributed by atoms with E-state index in [1.807, 2.05) is 9.80 Å². The van der Waals surface area contributed by atoms with Crippen molar-refractivity contribution in [1.29, 1.82) is 0 Å². The Labute approximate surface area is 188 Å². The molecule has 1 heterocycles. The quantitative estimate of drug-likeness (QED) is 0.780. The van der Waals surface area contributed by atoms with E-state index in [9.17, 15) is 14.4 Å². The van der Waals surface area contributed by atoms with E-state index >= 15 is 0 Å². The summed E-state index contributed by atoms with van der Waals surface area (Å²) in [5.41, 5.74) is 0.0485. The Morgan fingerprint density at radius 1 is 1.00 bits per heavy atom. The third kappa shape index (κ3) is 3.73. The molecule has 6 nitrogen and oxygen atoms in total. The van der Waals surface area contributed by atoms with Crippen LogP contribution < -0.4 is 5.32 Å². The summed E-state index contributed by atoms with van der Waals surface area (Å²) >= 11 is 6.04. The van der Waals surface area contributed by atoms with Gasteiger partial charge in [0.05, 0.1) is 5.41 Å². The van der Waals surface area contributed by atoms with Crippen molar-refractivity contribution in [1.82, 2.24) is 15.1 Å². The number of amides is 3. The molecule has 1 saturated heterocycles. The van der Waals surface area contributed by atoms with Crippen molar-refractivity contribution in [2.24, 2.45) is 17.3 Å². The van der Waals surface area contributed by atoms with Crippen molar-refractivity contribution in [3.05, 3.63) is 34.9 Å². The lowest BCUT2D eigenvalue weighted by Gasteiger charge is -2.62. The number of halogens is 1. The fourth-order valence-electron chi connectivity index (χ4n) is 7.28. The van der Waals surface area contributed by atoms with Gasteiger partial charge in [-0.2, -0.15) is 0 Å². The Morgan fingerprint density at radius 2 is 1.65 bits per heavy atom. The minimum atomic E-state index is -0.342. The van der Waals surface area contributed by atoms with Crippen LogP contribution in [0.5, 0.6) is 0 Å². The molecule has 5 fully saturated rings. The van der Waals surface area contributed by atoms with Crippen molar-refractivity contribution in [3.63, 3.8) is 0 Å². The number of nitrogens with zero attached hydrogens (tertiary/aromatic N) is 2. The largest absolute Gasteiger partial charge is 0.351 e. The number of nitrogens with one attached hydrogen (secondary N) is 1. The van der Waals surface area contributed by atoms with Crippen LogP contribution in [0, 0.1) is 17.3 Å². The Bertz CT molecular complexity index is 910. The molecular formula is C24H30ClN3O3. The zero-order valence-electron chi connectivity index (χ0n) is 18.0. The molecule has 31 heavy (non-hydrogen) atoms.